The molecular formula is C14H21NO3. The molecule has 3 N–H and O–H groups in total. The van der Waals surface area contributed by atoms with Crippen molar-refractivity contribution in [1.82, 2.24) is 0 Å². The summed E-state index contributed by atoms with van der Waals surface area (Å²) in [6.45, 7) is 2.64. The average molecular weight is 251 g/mol. The third kappa shape index (κ3) is 3.15. The molecule has 1 aromatic carbocycles. The van der Waals surface area contributed by atoms with E-state index in [0.717, 1.165) is 24.3 Å². The van der Waals surface area contributed by atoms with Crippen molar-refractivity contribution in [2.45, 2.75) is 37.8 Å². The summed E-state index contributed by atoms with van der Waals surface area (Å²) >= 11 is 0. The van der Waals surface area contributed by atoms with Gasteiger partial charge in [-0.25, -0.2) is 0 Å². The van der Waals surface area contributed by atoms with Gasteiger partial charge in [0, 0.05) is 12.0 Å². The highest BCUT2D eigenvalue weighted by Gasteiger charge is 2.36. The molecule has 1 saturated carbocycles. The van der Waals surface area contributed by atoms with Crippen LogP contribution in [0.3, 0.4) is 0 Å². The molecule has 2 atom stereocenters. The summed E-state index contributed by atoms with van der Waals surface area (Å²) in [7, 11) is 0. The summed E-state index contributed by atoms with van der Waals surface area (Å²) in [5.41, 5.74) is 5.55. The Kier molecular flexibility index (Phi) is 4.09. The highest BCUT2D eigenvalue weighted by Crippen LogP contribution is 2.31. The van der Waals surface area contributed by atoms with E-state index in [-0.39, 0.29) is 12.7 Å². The van der Waals surface area contributed by atoms with Crippen molar-refractivity contribution in [2.75, 3.05) is 13.2 Å². The van der Waals surface area contributed by atoms with E-state index in [1.54, 1.807) is 0 Å². The molecule has 2 rings (SSSR count). The molecule has 1 aliphatic carbocycles. The van der Waals surface area contributed by atoms with Crippen LogP contribution in [0.25, 0.3) is 0 Å². The second kappa shape index (κ2) is 5.59. The summed E-state index contributed by atoms with van der Waals surface area (Å²) in [5.74, 6) is 1.67. The van der Waals surface area contributed by atoms with Crippen LogP contribution in [-0.2, 0) is 0 Å². The Bertz CT molecular complexity index is 379. The van der Waals surface area contributed by atoms with E-state index in [9.17, 15) is 5.11 Å². The molecule has 1 aliphatic rings. The first-order valence-corrected chi connectivity index (χ1v) is 6.44. The number of aliphatic hydroxyl groups is 1. The van der Waals surface area contributed by atoms with Crippen LogP contribution < -0.4 is 15.2 Å². The molecule has 4 heteroatoms. The highest BCUT2D eigenvalue weighted by atomic mass is 16.5. The maximum Gasteiger partial charge on any atom is 0.119 e. The molecule has 0 heterocycles. The van der Waals surface area contributed by atoms with Crippen molar-refractivity contribution in [2.24, 2.45) is 5.73 Å². The Morgan fingerprint density at radius 1 is 1.33 bits per heavy atom. The number of benzene rings is 1. The lowest BCUT2D eigenvalue weighted by Gasteiger charge is -2.21. The molecular weight excluding hydrogens is 230 g/mol. The molecule has 100 valence electrons. The highest BCUT2D eigenvalue weighted by molar-refractivity contribution is 5.31. The Labute approximate surface area is 108 Å². The molecule has 0 aromatic heterocycles. The first-order chi connectivity index (χ1) is 8.65. The monoisotopic (exact) mass is 251 g/mol. The molecule has 0 amide bonds. The minimum Gasteiger partial charge on any atom is -0.494 e. The molecule has 0 bridgehead atoms. The molecule has 0 radical (unpaired) electrons. The smallest absolute Gasteiger partial charge is 0.119 e. The summed E-state index contributed by atoms with van der Waals surface area (Å²) in [6.07, 6.45) is 2.51. The van der Waals surface area contributed by atoms with Crippen LogP contribution in [0.2, 0.25) is 0 Å². The van der Waals surface area contributed by atoms with Gasteiger partial charge in [0.05, 0.1) is 13.2 Å². The fraction of sp³-hybridized carbons (Fsp3) is 0.571. The Hall–Kier alpha value is -1.26. The number of rotatable bonds is 5. The van der Waals surface area contributed by atoms with E-state index in [4.69, 9.17) is 15.2 Å². The van der Waals surface area contributed by atoms with Crippen LogP contribution in [0.4, 0.5) is 0 Å². The molecule has 1 fully saturated rings. The Morgan fingerprint density at radius 2 is 2.00 bits per heavy atom. The molecule has 1 aromatic rings. The van der Waals surface area contributed by atoms with E-state index < -0.39 is 5.54 Å². The standard InChI is InChI=1S/C14H21NO3/c1-2-17-11-3-5-12(6-4-11)18-13-7-8-14(15,9-13)10-16/h3-6,13,16H,2,7-10,15H2,1H3. The van der Waals surface area contributed by atoms with Crippen molar-refractivity contribution < 1.29 is 14.6 Å². The molecule has 2 unspecified atom stereocenters. The van der Waals surface area contributed by atoms with Crippen LogP contribution in [0, 0.1) is 0 Å². The number of nitrogens with two attached hydrogens (primary N) is 1. The van der Waals surface area contributed by atoms with Crippen molar-refractivity contribution in [3.05, 3.63) is 24.3 Å². The largest absolute Gasteiger partial charge is 0.494 e. The van der Waals surface area contributed by atoms with E-state index in [0.29, 0.717) is 13.0 Å². The SMILES string of the molecule is CCOc1ccc(OC2CCC(N)(CO)C2)cc1. The van der Waals surface area contributed by atoms with Crippen molar-refractivity contribution in [1.29, 1.82) is 0 Å². The Balaban J connectivity index is 1.90. The lowest BCUT2D eigenvalue weighted by molar-refractivity contribution is 0.165. The normalized spacial score (nSPS) is 27.2. The zero-order valence-corrected chi connectivity index (χ0v) is 10.8. The zero-order valence-electron chi connectivity index (χ0n) is 10.8. The van der Waals surface area contributed by atoms with Gasteiger partial charge in [-0.1, -0.05) is 0 Å². The maximum absolute atomic E-state index is 9.21. The minimum absolute atomic E-state index is 0.0239. The van der Waals surface area contributed by atoms with Crippen LogP contribution in [0.15, 0.2) is 24.3 Å². The second-order valence-corrected chi connectivity index (χ2v) is 4.91. The zero-order chi connectivity index (χ0) is 13.0. The van der Waals surface area contributed by atoms with E-state index in [1.807, 2.05) is 31.2 Å². The van der Waals surface area contributed by atoms with Gasteiger partial charge in [-0.2, -0.15) is 0 Å². The molecule has 4 nitrogen and oxygen atoms in total. The summed E-state index contributed by atoms with van der Waals surface area (Å²) < 4.78 is 11.2. The summed E-state index contributed by atoms with van der Waals surface area (Å²) in [5, 5.41) is 9.21. The number of aliphatic hydroxyl groups excluding tert-OH is 1. The van der Waals surface area contributed by atoms with Gasteiger partial charge in [-0.3, -0.25) is 0 Å². The van der Waals surface area contributed by atoms with Gasteiger partial charge in [-0.05, 0) is 44.0 Å². The van der Waals surface area contributed by atoms with E-state index in [1.165, 1.54) is 0 Å². The summed E-state index contributed by atoms with van der Waals surface area (Å²) in [4.78, 5) is 0. The van der Waals surface area contributed by atoms with Crippen LogP contribution in [-0.4, -0.2) is 30.0 Å². The first-order valence-electron chi connectivity index (χ1n) is 6.44. The third-order valence-corrected chi connectivity index (χ3v) is 3.35. The van der Waals surface area contributed by atoms with Crippen LogP contribution in [0.5, 0.6) is 11.5 Å². The van der Waals surface area contributed by atoms with E-state index in [2.05, 4.69) is 0 Å². The van der Waals surface area contributed by atoms with Gasteiger partial charge < -0.3 is 20.3 Å². The predicted molar refractivity (Wildman–Crippen MR) is 69.9 cm³/mol. The van der Waals surface area contributed by atoms with Gasteiger partial charge in [0.25, 0.3) is 0 Å². The topological polar surface area (TPSA) is 64.7 Å². The van der Waals surface area contributed by atoms with Gasteiger partial charge in [-0.15, -0.1) is 0 Å². The molecule has 0 aliphatic heterocycles. The van der Waals surface area contributed by atoms with Gasteiger partial charge in [0.1, 0.15) is 17.6 Å². The van der Waals surface area contributed by atoms with Crippen molar-refractivity contribution in [3.63, 3.8) is 0 Å². The number of hydrogen-bond acceptors (Lipinski definition) is 4. The summed E-state index contributed by atoms with van der Waals surface area (Å²) in [6, 6.07) is 7.60. The van der Waals surface area contributed by atoms with Gasteiger partial charge in [0.2, 0.25) is 0 Å². The fourth-order valence-corrected chi connectivity index (χ4v) is 2.32. The van der Waals surface area contributed by atoms with Gasteiger partial charge in [0.15, 0.2) is 0 Å². The Morgan fingerprint density at radius 3 is 2.56 bits per heavy atom. The average Bonchev–Trinajstić information content (AvgIpc) is 2.75. The fourth-order valence-electron chi connectivity index (χ4n) is 2.32. The van der Waals surface area contributed by atoms with Crippen molar-refractivity contribution in [3.8, 4) is 11.5 Å². The maximum atomic E-state index is 9.21. The van der Waals surface area contributed by atoms with Crippen LogP contribution >= 0.6 is 0 Å². The number of ether oxygens (including phenoxy) is 2. The second-order valence-electron chi connectivity index (χ2n) is 4.91. The molecule has 18 heavy (non-hydrogen) atoms. The number of hydrogen-bond donors (Lipinski definition) is 2. The minimum atomic E-state index is -0.462. The van der Waals surface area contributed by atoms with E-state index >= 15 is 0 Å². The lowest BCUT2D eigenvalue weighted by atomic mass is 10.0. The predicted octanol–water partition coefficient (Wildman–Crippen LogP) is 1.71. The van der Waals surface area contributed by atoms with Gasteiger partial charge >= 0.3 is 0 Å². The molecule has 0 saturated heterocycles. The first kappa shape index (κ1) is 13.2. The lowest BCUT2D eigenvalue weighted by Crippen LogP contribution is -2.41. The third-order valence-electron chi connectivity index (χ3n) is 3.35. The quantitative estimate of drug-likeness (QED) is 0.836. The van der Waals surface area contributed by atoms with Crippen molar-refractivity contribution >= 4 is 0 Å². The molecule has 0 spiro atoms. The van der Waals surface area contributed by atoms with Crippen LogP contribution in [0.1, 0.15) is 26.2 Å².